The first-order valence-electron chi connectivity index (χ1n) is 8.71. The Hall–Kier alpha value is -1.81. The van der Waals surface area contributed by atoms with Crippen LogP contribution in [0.15, 0.2) is 34.9 Å². The first kappa shape index (κ1) is 16.1. The number of ether oxygens (including phenoxy) is 1. The molecule has 124 valence electrons. The van der Waals surface area contributed by atoms with Gasteiger partial charge in [-0.1, -0.05) is 31.1 Å². The normalized spacial score (nSPS) is 18.4. The van der Waals surface area contributed by atoms with Crippen LogP contribution in [0, 0.1) is 0 Å². The number of hydrogen-bond acceptors (Lipinski definition) is 4. The second kappa shape index (κ2) is 7.64. The Morgan fingerprint density at radius 2 is 2.09 bits per heavy atom. The van der Waals surface area contributed by atoms with Crippen molar-refractivity contribution >= 4 is 0 Å². The molecule has 0 saturated carbocycles. The van der Waals surface area contributed by atoms with Crippen LogP contribution in [0.1, 0.15) is 56.2 Å². The molecule has 1 aliphatic heterocycles. The molecule has 1 saturated heterocycles. The summed E-state index contributed by atoms with van der Waals surface area (Å²) in [6.45, 7) is 7.06. The average Bonchev–Trinajstić information content (AvgIpc) is 3.22. The minimum absolute atomic E-state index is 0.360. The zero-order chi connectivity index (χ0) is 16.1. The van der Waals surface area contributed by atoms with Gasteiger partial charge in [-0.15, -0.1) is 0 Å². The van der Waals surface area contributed by atoms with E-state index in [1.165, 1.54) is 12.0 Å². The van der Waals surface area contributed by atoms with Gasteiger partial charge in [0, 0.05) is 12.6 Å². The maximum atomic E-state index is 5.65. The maximum Gasteiger partial charge on any atom is 0.154 e. The van der Waals surface area contributed by atoms with Crippen LogP contribution in [-0.4, -0.2) is 23.2 Å². The summed E-state index contributed by atoms with van der Waals surface area (Å²) in [5.74, 6) is 1.97. The van der Waals surface area contributed by atoms with Crippen molar-refractivity contribution in [3.05, 3.63) is 47.3 Å². The molecule has 1 atom stereocenters. The third-order valence-electron chi connectivity index (χ3n) is 4.41. The molecule has 23 heavy (non-hydrogen) atoms. The van der Waals surface area contributed by atoms with Gasteiger partial charge in [0.15, 0.2) is 5.76 Å². The van der Waals surface area contributed by atoms with Crippen molar-refractivity contribution in [1.82, 2.24) is 10.1 Å². The van der Waals surface area contributed by atoms with E-state index in [9.17, 15) is 0 Å². The predicted octanol–water partition coefficient (Wildman–Crippen LogP) is 4.36. The van der Waals surface area contributed by atoms with Crippen LogP contribution in [0.3, 0.4) is 0 Å². The van der Waals surface area contributed by atoms with Crippen LogP contribution in [-0.2, 0) is 13.0 Å². The van der Waals surface area contributed by atoms with Gasteiger partial charge in [-0.05, 0) is 49.9 Å². The van der Waals surface area contributed by atoms with Gasteiger partial charge in [-0.2, -0.15) is 0 Å². The lowest BCUT2D eigenvalue weighted by atomic mass is 10.1. The number of hydrogen-bond donors (Lipinski definition) is 0. The largest absolute Gasteiger partial charge is 0.494 e. The molecule has 0 unspecified atom stereocenters. The van der Waals surface area contributed by atoms with E-state index < -0.39 is 0 Å². The van der Waals surface area contributed by atoms with Crippen LogP contribution < -0.4 is 4.74 Å². The Kier molecular flexibility index (Phi) is 5.34. The molecule has 4 heteroatoms. The number of likely N-dealkylation sites (tertiary alicyclic amines) is 1. The summed E-state index contributed by atoms with van der Waals surface area (Å²) in [6.07, 6.45) is 4.32. The fourth-order valence-corrected chi connectivity index (χ4v) is 3.13. The van der Waals surface area contributed by atoms with Crippen molar-refractivity contribution < 1.29 is 9.26 Å². The van der Waals surface area contributed by atoms with Gasteiger partial charge in [-0.3, -0.25) is 4.90 Å². The van der Waals surface area contributed by atoms with Gasteiger partial charge in [0.1, 0.15) is 5.75 Å². The Balaban J connectivity index is 1.64. The molecule has 0 amide bonds. The predicted molar refractivity (Wildman–Crippen MR) is 90.5 cm³/mol. The molecular formula is C19H26N2O2. The van der Waals surface area contributed by atoms with Crippen molar-refractivity contribution in [2.45, 2.75) is 52.1 Å². The first-order chi connectivity index (χ1) is 11.3. The topological polar surface area (TPSA) is 38.5 Å². The van der Waals surface area contributed by atoms with Gasteiger partial charge in [0.25, 0.3) is 0 Å². The zero-order valence-corrected chi connectivity index (χ0v) is 14.1. The Morgan fingerprint density at radius 3 is 2.78 bits per heavy atom. The van der Waals surface area contributed by atoms with Crippen molar-refractivity contribution in [2.24, 2.45) is 0 Å². The van der Waals surface area contributed by atoms with Gasteiger partial charge in [-0.25, -0.2) is 0 Å². The van der Waals surface area contributed by atoms with Crippen LogP contribution in [0.2, 0.25) is 0 Å². The van der Waals surface area contributed by atoms with Gasteiger partial charge < -0.3 is 9.26 Å². The fourth-order valence-electron chi connectivity index (χ4n) is 3.13. The van der Waals surface area contributed by atoms with E-state index in [1.807, 2.05) is 0 Å². The van der Waals surface area contributed by atoms with Crippen LogP contribution in [0.4, 0.5) is 0 Å². The van der Waals surface area contributed by atoms with E-state index in [4.69, 9.17) is 9.26 Å². The molecule has 0 spiro atoms. The lowest BCUT2D eigenvalue weighted by Crippen LogP contribution is -2.22. The van der Waals surface area contributed by atoms with Gasteiger partial charge in [0.05, 0.1) is 18.3 Å². The second-order valence-corrected chi connectivity index (χ2v) is 6.20. The molecule has 4 nitrogen and oxygen atoms in total. The van der Waals surface area contributed by atoms with E-state index in [2.05, 4.69) is 54.2 Å². The van der Waals surface area contributed by atoms with Gasteiger partial charge in [0.2, 0.25) is 0 Å². The van der Waals surface area contributed by atoms with Crippen LogP contribution in [0.5, 0.6) is 5.75 Å². The smallest absolute Gasteiger partial charge is 0.154 e. The molecule has 1 fully saturated rings. The van der Waals surface area contributed by atoms with E-state index in [-0.39, 0.29) is 0 Å². The average molecular weight is 314 g/mol. The molecule has 1 aliphatic rings. The molecule has 0 bridgehead atoms. The fraction of sp³-hybridized carbons (Fsp3) is 0.526. The number of rotatable bonds is 7. The molecule has 3 rings (SSSR count). The maximum absolute atomic E-state index is 5.65. The molecular weight excluding hydrogens is 288 g/mol. The minimum atomic E-state index is 0.360. The summed E-state index contributed by atoms with van der Waals surface area (Å²) in [6, 6.07) is 10.9. The van der Waals surface area contributed by atoms with Crippen molar-refractivity contribution in [3.63, 3.8) is 0 Å². The Labute approximate surface area is 138 Å². The highest BCUT2D eigenvalue weighted by molar-refractivity contribution is 5.27. The highest BCUT2D eigenvalue weighted by atomic mass is 16.5. The molecule has 1 aromatic heterocycles. The highest BCUT2D eigenvalue weighted by Gasteiger charge is 2.29. The number of benzene rings is 1. The highest BCUT2D eigenvalue weighted by Crippen LogP contribution is 2.33. The third kappa shape index (κ3) is 3.94. The minimum Gasteiger partial charge on any atom is -0.494 e. The van der Waals surface area contributed by atoms with Crippen LogP contribution in [0.25, 0.3) is 0 Å². The molecule has 0 N–H and O–H groups in total. The van der Waals surface area contributed by atoms with E-state index >= 15 is 0 Å². The summed E-state index contributed by atoms with van der Waals surface area (Å²) in [5, 5.41) is 4.14. The summed E-state index contributed by atoms with van der Waals surface area (Å²) in [5.41, 5.74) is 2.36. The summed E-state index contributed by atoms with van der Waals surface area (Å²) < 4.78 is 11.2. The standard InChI is InChI=1S/C19H26N2O2/c1-3-12-22-17-9-7-15(8-10-17)14-21-11-5-6-18(21)19-13-16(4-2)20-23-19/h7-10,13,18H,3-6,11-12,14H2,1-2H3/t18-/m1/s1. The second-order valence-electron chi connectivity index (χ2n) is 6.20. The number of aromatic nitrogens is 1. The molecule has 0 aliphatic carbocycles. The first-order valence-corrected chi connectivity index (χ1v) is 8.71. The lowest BCUT2D eigenvalue weighted by molar-refractivity contribution is 0.206. The molecule has 2 heterocycles. The monoisotopic (exact) mass is 314 g/mol. The van der Waals surface area contributed by atoms with Gasteiger partial charge >= 0.3 is 0 Å². The molecule has 2 aromatic rings. The third-order valence-corrected chi connectivity index (χ3v) is 4.41. The number of aryl methyl sites for hydroxylation is 1. The van der Waals surface area contributed by atoms with Crippen molar-refractivity contribution in [2.75, 3.05) is 13.2 Å². The lowest BCUT2D eigenvalue weighted by Gasteiger charge is -2.22. The quantitative estimate of drug-likeness (QED) is 0.761. The number of nitrogens with zero attached hydrogens (tertiary/aromatic N) is 2. The Morgan fingerprint density at radius 1 is 1.26 bits per heavy atom. The van der Waals surface area contributed by atoms with E-state index in [0.717, 1.165) is 56.2 Å². The summed E-state index contributed by atoms with van der Waals surface area (Å²) in [7, 11) is 0. The van der Waals surface area contributed by atoms with E-state index in [0.29, 0.717) is 6.04 Å². The van der Waals surface area contributed by atoms with E-state index in [1.54, 1.807) is 0 Å². The molecule has 1 aromatic carbocycles. The summed E-state index contributed by atoms with van der Waals surface area (Å²) >= 11 is 0. The van der Waals surface area contributed by atoms with Crippen molar-refractivity contribution in [1.29, 1.82) is 0 Å². The molecule has 0 radical (unpaired) electrons. The Bertz CT molecular complexity index is 606. The zero-order valence-electron chi connectivity index (χ0n) is 14.1. The summed E-state index contributed by atoms with van der Waals surface area (Å²) in [4.78, 5) is 2.49. The SMILES string of the molecule is CCCOc1ccc(CN2CCC[C@@H]2c2cc(CC)no2)cc1. The van der Waals surface area contributed by atoms with Crippen LogP contribution >= 0.6 is 0 Å². The van der Waals surface area contributed by atoms with Crippen molar-refractivity contribution in [3.8, 4) is 5.75 Å².